The number of nitrogens with zero attached hydrogens (tertiary/aromatic N) is 2. The van der Waals surface area contributed by atoms with Crippen LogP contribution in [0.4, 0.5) is 0 Å². The number of aromatic nitrogens is 1. The first-order valence-electron chi connectivity index (χ1n) is 12.9. The lowest BCUT2D eigenvalue weighted by atomic mass is 9.93. The first kappa shape index (κ1) is 26.2. The van der Waals surface area contributed by atoms with Crippen LogP contribution >= 0.6 is 0 Å². The van der Waals surface area contributed by atoms with Gasteiger partial charge in [-0.05, 0) is 49.2 Å². The van der Waals surface area contributed by atoms with Crippen molar-refractivity contribution in [2.45, 2.75) is 32.0 Å². The van der Waals surface area contributed by atoms with Crippen molar-refractivity contribution in [2.75, 3.05) is 27.9 Å². The second-order valence-corrected chi connectivity index (χ2v) is 9.84. The Hall–Kier alpha value is -4.46. The van der Waals surface area contributed by atoms with Crippen molar-refractivity contribution in [3.05, 3.63) is 89.6 Å². The lowest BCUT2D eigenvalue weighted by Gasteiger charge is -2.44. The lowest BCUT2D eigenvalue weighted by Crippen LogP contribution is -2.64. The zero-order chi connectivity index (χ0) is 27.6. The summed E-state index contributed by atoms with van der Waals surface area (Å²) in [6.07, 6.45) is 0.543. The smallest absolute Gasteiger partial charge is 0.271 e. The summed E-state index contributed by atoms with van der Waals surface area (Å²) in [6, 6.07) is 23.1. The van der Waals surface area contributed by atoms with E-state index in [1.807, 2.05) is 84.3 Å². The highest BCUT2D eigenvalue weighted by Gasteiger charge is 2.47. The molecule has 8 nitrogen and oxygen atoms in total. The molecule has 3 aromatic carbocycles. The largest absolute Gasteiger partial charge is 0.496 e. The average Bonchev–Trinajstić information content (AvgIpc) is 3.34. The second kappa shape index (κ2) is 10.7. The minimum absolute atomic E-state index is 0.173. The van der Waals surface area contributed by atoms with Crippen molar-refractivity contribution >= 4 is 22.7 Å². The Morgan fingerprint density at radius 1 is 0.897 bits per heavy atom. The first-order chi connectivity index (χ1) is 18.9. The topological polar surface area (TPSA) is 82.0 Å². The van der Waals surface area contributed by atoms with Gasteiger partial charge in [0.2, 0.25) is 5.91 Å². The second-order valence-electron chi connectivity index (χ2n) is 9.84. The van der Waals surface area contributed by atoms with Gasteiger partial charge in [0.05, 0.1) is 27.9 Å². The van der Waals surface area contributed by atoms with E-state index in [9.17, 15) is 9.59 Å². The molecule has 0 saturated carbocycles. The highest BCUT2D eigenvalue weighted by Crippen LogP contribution is 2.33. The van der Waals surface area contributed by atoms with E-state index in [1.54, 1.807) is 26.2 Å². The van der Waals surface area contributed by atoms with Gasteiger partial charge in [-0.2, -0.15) is 0 Å². The SMILES string of the molecule is COc1ccccc1CNC(=O)C1(C)Cn2c(cc3ccccc32)C(=O)N1CCc1ccc(OC)c(OC)c1. The van der Waals surface area contributed by atoms with E-state index in [1.165, 1.54) is 0 Å². The summed E-state index contributed by atoms with van der Waals surface area (Å²) >= 11 is 0. The summed E-state index contributed by atoms with van der Waals surface area (Å²) in [5, 5.41) is 4.05. The Bertz CT molecular complexity index is 1530. The van der Waals surface area contributed by atoms with Crippen molar-refractivity contribution < 1.29 is 23.8 Å². The molecule has 1 atom stereocenters. The number of ether oxygens (including phenoxy) is 3. The van der Waals surface area contributed by atoms with Crippen LogP contribution in [-0.4, -0.2) is 54.7 Å². The Balaban J connectivity index is 1.47. The number of amides is 2. The number of nitrogens with one attached hydrogen (secondary N) is 1. The van der Waals surface area contributed by atoms with Crippen LogP contribution in [0.2, 0.25) is 0 Å². The molecule has 0 fully saturated rings. The van der Waals surface area contributed by atoms with Crippen molar-refractivity contribution in [3.63, 3.8) is 0 Å². The zero-order valence-corrected chi connectivity index (χ0v) is 22.7. The van der Waals surface area contributed by atoms with Gasteiger partial charge in [-0.15, -0.1) is 0 Å². The lowest BCUT2D eigenvalue weighted by molar-refractivity contribution is -0.133. The van der Waals surface area contributed by atoms with Crippen molar-refractivity contribution in [1.82, 2.24) is 14.8 Å². The first-order valence-corrected chi connectivity index (χ1v) is 12.9. The molecule has 0 bridgehead atoms. The van der Waals surface area contributed by atoms with E-state index in [0.717, 1.165) is 22.0 Å². The van der Waals surface area contributed by atoms with Crippen molar-refractivity contribution in [2.24, 2.45) is 0 Å². The third-order valence-corrected chi connectivity index (χ3v) is 7.53. The summed E-state index contributed by atoms with van der Waals surface area (Å²) in [5.41, 5.74) is 2.24. The molecule has 1 aliphatic heterocycles. The van der Waals surface area contributed by atoms with Crippen LogP contribution in [0.3, 0.4) is 0 Å². The van der Waals surface area contributed by atoms with Gasteiger partial charge in [0.1, 0.15) is 17.0 Å². The molecule has 1 N–H and O–H groups in total. The van der Waals surface area contributed by atoms with Crippen molar-refractivity contribution in [1.29, 1.82) is 0 Å². The fourth-order valence-corrected chi connectivity index (χ4v) is 5.35. The molecule has 0 radical (unpaired) electrons. The summed E-state index contributed by atoms with van der Waals surface area (Å²) in [5.74, 6) is 1.56. The Kier molecular flexibility index (Phi) is 7.19. The van der Waals surface area contributed by atoms with E-state index in [0.29, 0.717) is 42.5 Å². The fourth-order valence-electron chi connectivity index (χ4n) is 5.35. The quantitative estimate of drug-likeness (QED) is 0.348. The van der Waals surface area contributed by atoms with Crippen LogP contribution in [0.15, 0.2) is 72.8 Å². The van der Waals surface area contributed by atoms with Gasteiger partial charge in [0.15, 0.2) is 11.5 Å². The highest BCUT2D eigenvalue weighted by atomic mass is 16.5. The molecule has 202 valence electrons. The van der Waals surface area contributed by atoms with Gasteiger partial charge in [0, 0.05) is 29.6 Å². The van der Waals surface area contributed by atoms with Gasteiger partial charge >= 0.3 is 0 Å². The molecule has 0 spiro atoms. The molecule has 0 saturated heterocycles. The van der Waals surface area contributed by atoms with Crippen LogP contribution in [-0.2, 0) is 24.3 Å². The maximum atomic E-state index is 14.0. The number of hydrogen-bond donors (Lipinski definition) is 1. The number of rotatable bonds is 9. The van der Waals surface area contributed by atoms with Gasteiger partial charge < -0.3 is 29.0 Å². The molecule has 8 heteroatoms. The predicted octanol–water partition coefficient (Wildman–Crippen LogP) is 4.44. The molecule has 5 rings (SSSR count). The Morgan fingerprint density at radius 2 is 1.62 bits per heavy atom. The minimum atomic E-state index is -1.12. The summed E-state index contributed by atoms with van der Waals surface area (Å²) in [7, 11) is 4.80. The molecule has 1 unspecified atom stereocenters. The number of carbonyl (C=O) groups is 2. The number of para-hydroxylation sites is 2. The Labute approximate surface area is 228 Å². The molecule has 1 aliphatic rings. The van der Waals surface area contributed by atoms with Gasteiger partial charge in [-0.1, -0.05) is 42.5 Å². The van der Waals surface area contributed by atoms with Gasteiger partial charge in [-0.3, -0.25) is 9.59 Å². The number of carbonyl (C=O) groups excluding carboxylic acids is 2. The molecular formula is C31H33N3O5. The maximum absolute atomic E-state index is 14.0. The van der Waals surface area contributed by atoms with Gasteiger partial charge in [-0.25, -0.2) is 0 Å². The van der Waals surface area contributed by atoms with E-state index in [2.05, 4.69) is 5.32 Å². The average molecular weight is 528 g/mol. The number of fused-ring (bicyclic) bond motifs is 3. The number of benzene rings is 3. The summed E-state index contributed by atoms with van der Waals surface area (Å²) < 4.78 is 18.2. The third kappa shape index (κ3) is 4.78. The highest BCUT2D eigenvalue weighted by molar-refractivity contribution is 6.03. The fraction of sp³-hybridized carbons (Fsp3) is 0.290. The number of methoxy groups -OCH3 is 3. The number of hydrogen-bond acceptors (Lipinski definition) is 5. The monoisotopic (exact) mass is 527 g/mol. The summed E-state index contributed by atoms with van der Waals surface area (Å²) in [4.78, 5) is 29.6. The van der Waals surface area contributed by atoms with E-state index >= 15 is 0 Å². The third-order valence-electron chi connectivity index (χ3n) is 7.53. The minimum Gasteiger partial charge on any atom is -0.496 e. The molecular weight excluding hydrogens is 494 g/mol. The predicted molar refractivity (Wildman–Crippen MR) is 149 cm³/mol. The Morgan fingerprint density at radius 3 is 2.38 bits per heavy atom. The molecule has 1 aromatic heterocycles. The van der Waals surface area contributed by atoms with Crippen LogP contribution in [0.1, 0.15) is 28.5 Å². The molecule has 39 heavy (non-hydrogen) atoms. The molecule has 4 aromatic rings. The maximum Gasteiger partial charge on any atom is 0.271 e. The van der Waals surface area contributed by atoms with Crippen LogP contribution in [0, 0.1) is 0 Å². The van der Waals surface area contributed by atoms with Crippen LogP contribution in [0.25, 0.3) is 10.9 Å². The summed E-state index contributed by atoms with van der Waals surface area (Å²) in [6.45, 7) is 2.82. The van der Waals surface area contributed by atoms with E-state index in [4.69, 9.17) is 14.2 Å². The standard InChI is InChI=1S/C31H33N3O5/c1-31(30(36)32-19-23-10-6-8-12-26(23)37-2)20-33-24-11-7-5-9-22(24)18-25(33)29(35)34(31)16-15-21-13-14-27(38-3)28(17-21)39-4/h5-14,17-18H,15-16,19-20H2,1-4H3,(H,32,36). The van der Waals surface area contributed by atoms with E-state index in [-0.39, 0.29) is 18.4 Å². The zero-order valence-electron chi connectivity index (χ0n) is 22.7. The molecule has 2 amide bonds. The molecule has 2 heterocycles. The van der Waals surface area contributed by atoms with Crippen molar-refractivity contribution in [3.8, 4) is 17.2 Å². The molecule has 0 aliphatic carbocycles. The van der Waals surface area contributed by atoms with Crippen LogP contribution in [0.5, 0.6) is 17.2 Å². The van der Waals surface area contributed by atoms with Gasteiger partial charge in [0.25, 0.3) is 5.91 Å². The van der Waals surface area contributed by atoms with Crippen LogP contribution < -0.4 is 19.5 Å². The normalized spacial score (nSPS) is 16.6. The van der Waals surface area contributed by atoms with E-state index < -0.39 is 5.54 Å².